The number of benzene rings is 2. The quantitative estimate of drug-likeness (QED) is 0.341. The number of hydrogen-bond donors (Lipinski definition) is 0. The lowest BCUT2D eigenvalue weighted by Gasteiger charge is -2.33. The molecule has 0 aliphatic carbocycles. The maximum absolute atomic E-state index is 14.0. The van der Waals surface area contributed by atoms with Gasteiger partial charge in [0.15, 0.2) is 23.3 Å². The van der Waals surface area contributed by atoms with E-state index < -0.39 is 40.6 Å². The Morgan fingerprint density at radius 1 is 0.741 bits per heavy atom. The molecule has 1 aromatic heterocycles. The number of anilines is 1. The summed E-state index contributed by atoms with van der Waals surface area (Å²) in [6.07, 6.45) is 0.541. The van der Waals surface area contributed by atoms with Crippen molar-refractivity contribution >= 4 is 16.7 Å². The molecule has 27 heavy (non-hydrogen) atoms. The summed E-state index contributed by atoms with van der Waals surface area (Å²) in [7, 11) is 0. The Bertz CT molecular complexity index is 984. The SMILES string of the molecule is Fc1c(F)c(F)c(C2CCN(c3ccc4ccccc4n3)CC2)c(F)c1F. The number of hydrogen-bond acceptors (Lipinski definition) is 2. The first kappa shape index (κ1) is 17.7. The van der Waals surface area contributed by atoms with Crippen LogP contribution >= 0.6 is 0 Å². The molecule has 1 fully saturated rings. The van der Waals surface area contributed by atoms with Gasteiger partial charge in [0.2, 0.25) is 5.82 Å². The molecule has 2 aromatic carbocycles. The van der Waals surface area contributed by atoms with Crippen LogP contribution in [0.2, 0.25) is 0 Å². The van der Waals surface area contributed by atoms with Crippen molar-refractivity contribution in [3.63, 3.8) is 0 Å². The molecule has 0 radical (unpaired) electrons. The number of pyridine rings is 1. The summed E-state index contributed by atoms with van der Waals surface area (Å²) in [5.74, 6) is -9.35. The molecule has 0 atom stereocenters. The zero-order chi connectivity index (χ0) is 19.1. The first-order chi connectivity index (χ1) is 13.0. The van der Waals surface area contributed by atoms with Crippen molar-refractivity contribution in [3.05, 3.63) is 71.0 Å². The maximum atomic E-state index is 14.0. The highest BCUT2D eigenvalue weighted by atomic mass is 19.2. The highest BCUT2D eigenvalue weighted by Gasteiger charge is 2.32. The van der Waals surface area contributed by atoms with E-state index in [1.165, 1.54) is 0 Å². The summed E-state index contributed by atoms with van der Waals surface area (Å²) in [5, 5.41) is 0.998. The lowest BCUT2D eigenvalue weighted by molar-refractivity contribution is 0.355. The zero-order valence-corrected chi connectivity index (χ0v) is 14.2. The third-order valence-corrected chi connectivity index (χ3v) is 5.05. The number of piperidine rings is 1. The standard InChI is InChI=1S/C20H15F5N2/c21-16-15(17(22)19(24)20(25)18(16)23)12-7-9-27(10-8-12)14-6-5-11-3-1-2-4-13(11)26-14/h1-6,12H,7-10H2. The summed E-state index contributed by atoms with van der Waals surface area (Å²) in [4.78, 5) is 6.53. The largest absolute Gasteiger partial charge is 0.357 e. The van der Waals surface area contributed by atoms with Crippen LogP contribution in [0.1, 0.15) is 24.3 Å². The van der Waals surface area contributed by atoms with Crippen LogP contribution < -0.4 is 4.90 Å². The van der Waals surface area contributed by atoms with Crippen molar-refractivity contribution in [2.75, 3.05) is 18.0 Å². The summed E-state index contributed by atoms with van der Waals surface area (Å²) < 4.78 is 68.2. The van der Waals surface area contributed by atoms with E-state index in [4.69, 9.17) is 0 Å². The van der Waals surface area contributed by atoms with Crippen LogP contribution in [0, 0.1) is 29.1 Å². The molecule has 1 aliphatic heterocycles. The fraction of sp³-hybridized carbons (Fsp3) is 0.250. The van der Waals surface area contributed by atoms with E-state index >= 15 is 0 Å². The molecule has 0 bridgehead atoms. The van der Waals surface area contributed by atoms with Gasteiger partial charge in [0.05, 0.1) is 5.52 Å². The Kier molecular flexibility index (Phi) is 4.45. The third-order valence-electron chi connectivity index (χ3n) is 5.05. The van der Waals surface area contributed by atoms with Gasteiger partial charge in [-0.1, -0.05) is 18.2 Å². The monoisotopic (exact) mass is 378 g/mol. The van der Waals surface area contributed by atoms with Crippen molar-refractivity contribution in [2.24, 2.45) is 0 Å². The van der Waals surface area contributed by atoms with Crippen molar-refractivity contribution in [1.29, 1.82) is 0 Å². The highest BCUT2D eigenvalue weighted by Crippen LogP contribution is 2.36. The summed E-state index contributed by atoms with van der Waals surface area (Å²) in [5.41, 5.74) is 0.120. The van der Waals surface area contributed by atoms with Gasteiger partial charge in [-0.3, -0.25) is 0 Å². The summed E-state index contributed by atoms with van der Waals surface area (Å²) in [6.45, 7) is 0.824. The van der Waals surface area contributed by atoms with Crippen LogP contribution in [-0.2, 0) is 0 Å². The molecule has 0 saturated carbocycles. The van der Waals surface area contributed by atoms with E-state index in [1.54, 1.807) is 0 Å². The van der Waals surface area contributed by atoms with Crippen molar-refractivity contribution in [2.45, 2.75) is 18.8 Å². The van der Waals surface area contributed by atoms with E-state index in [-0.39, 0.29) is 12.8 Å². The molecule has 4 rings (SSSR count). The van der Waals surface area contributed by atoms with Gasteiger partial charge < -0.3 is 4.90 Å². The molecule has 1 saturated heterocycles. The minimum absolute atomic E-state index is 0.271. The van der Waals surface area contributed by atoms with Gasteiger partial charge in [0, 0.05) is 24.0 Å². The fourth-order valence-corrected chi connectivity index (χ4v) is 3.61. The zero-order valence-electron chi connectivity index (χ0n) is 14.2. The van der Waals surface area contributed by atoms with Crippen LogP contribution in [0.3, 0.4) is 0 Å². The molecular weight excluding hydrogens is 363 g/mol. The Morgan fingerprint density at radius 3 is 2.00 bits per heavy atom. The van der Waals surface area contributed by atoms with Gasteiger partial charge in [0.25, 0.3) is 0 Å². The normalized spacial score (nSPS) is 15.5. The van der Waals surface area contributed by atoms with Crippen LogP contribution in [0.5, 0.6) is 0 Å². The first-order valence-corrected chi connectivity index (χ1v) is 8.59. The highest BCUT2D eigenvalue weighted by molar-refractivity contribution is 5.80. The van der Waals surface area contributed by atoms with E-state index in [1.807, 2.05) is 41.3 Å². The lowest BCUT2D eigenvalue weighted by atomic mass is 9.88. The fourth-order valence-electron chi connectivity index (χ4n) is 3.61. The Hall–Kier alpha value is -2.70. The van der Waals surface area contributed by atoms with Crippen LogP contribution in [0.15, 0.2) is 36.4 Å². The minimum Gasteiger partial charge on any atom is -0.357 e. The molecular formula is C20H15F5N2. The molecule has 0 amide bonds. The molecule has 0 spiro atoms. The molecule has 0 N–H and O–H groups in total. The van der Waals surface area contributed by atoms with Gasteiger partial charge in [-0.2, -0.15) is 0 Å². The van der Waals surface area contributed by atoms with E-state index in [2.05, 4.69) is 4.98 Å². The predicted octanol–water partition coefficient (Wildman–Crippen LogP) is 5.31. The lowest BCUT2D eigenvalue weighted by Crippen LogP contribution is -2.34. The maximum Gasteiger partial charge on any atom is 0.200 e. The molecule has 2 heterocycles. The van der Waals surface area contributed by atoms with Crippen molar-refractivity contribution < 1.29 is 22.0 Å². The number of aromatic nitrogens is 1. The summed E-state index contributed by atoms with van der Waals surface area (Å²) in [6, 6.07) is 11.4. The van der Waals surface area contributed by atoms with Gasteiger partial charge >= 0.3 is 0 Å². The van der Waals surface area contributed by atoms with E-state index in [9.17, 15) is 22.0 Å². The molecule has 7 heteroatoms. The van der Waals surface area contributed by atoms with Gasteiger partial charge in [-0.15, -0.1) is 0 Å². The second-order valence-electron chi connectivity index (χ2n) is 6.61. The Labute approximate surface area is 152 Å². The molecule has 0 unspecified atom stereocenters. The van der Waals surface area contributed by atoms with Gasteiger partial charge in [-0.25, -0.2) is 26.9 Å². The Morgan fingerprint density at radius 2 is 1.33 bits per heavy atom. The first-order valence-electron chi connectivity index (χ1n) is 8.59. The van der Waals surface area contributed by atoms with E-state index in [0.29, 0.717) is 13.1 Å². The number of rotatable bonds is 2. The van der Waals surface area contributed by atoms with Crippen molar-refractivity contribution in [1.82, 2.24) is 4.98 Å². The van der Waals surface area contributed by atoms with Crippen LogP contribution in [0.25, 0.3) is 10.9 Å². The van der Waals surface area contributed by atoms with Crippen LogP contribution in [-0.4, -0.2) is 18.1 Å². The average molecular weight is 378 g/mol. The second-order valence-corrected chi connectivity index (χ2v) is 6.61. The molecule has 140 valence electrons. The number of nitrogens with zero attached hydrogens (tertiary/aromatic N) is 2. The smallest absolute Gasteiger partial charge is 0.200 e. The van der Waals surface area contributed by atoms with Gasteiger partial charge in [-0.05, 0) is 37.0 Å². The van der Waals surface area contributed by atoms with Crippen molar-refractivity contribution in [3.8, 4) is 0 Å². The number of para-hydroxylation sites is 1. The second kappa shape index (κ2) is 6.79. The average Bonchev–Trinajstić information content (AvgIpc) is 2.71. The third kappa shape index (κ3) is 3.01. The minimum atomic E-state index is -2.12. The Balaban J connectivity index is 1.57. The predicted molar refractivity (Wildman–Crippen MR) is 92.2 cm³/mol. The molecule has 1 aliphatic rings. The number of halogens is 5. The molecule has 3 aromatic rings. The van der Waals surface area contributed by atoms with Gasteiger partial charge in [0.1, 0.15) is 5.82 Å². The number of fused-ring (bicyclic) bond motifs is 1. The summed E-state index contributed by atoms with van der Waals surface area (Å²) >= 11 is 0. The molecule has 2 nitrogen and oxygen atoms in total. The topological polar surface area (TPSA) is 16.1 Å². The van der Waals surface area contributed by atoms with E-state index in [0.717, 1.165) is 16.7 Å². The van der Waals surface area contributed by atoms with Crippen LogP contribution in [0.4, 0.5) is 27.8 Å².